The Kier molecular flexibility index (Phi) is 6.10. The molecular weight excluding hydrogens is 320 g/mol. The number of nitrogens with one attached hydrogen (secondary N) is 1. The number of carbonyl (C=O) groups is 2. The molecule has 1 atom stereocenters. The lowest BCUT2D eigenvalue weighted by atomic mass is 10.1. The van der Waals surface area contributed by atoms with Crippen molar-refractivity contribution in [1.82, 2.24) is 10.2 Å². The predicted molar refractivity (Wildman–Crippen MR) is 87.0 cm³/mol. The van der Waals surface area contributed by atoms with Gasteiger partial charge < -0.3 is 20.1 Å². The van der Waals surface area contributed by atoms with E-state index in [-0.39, 0.29) is 12.6 Å². The summed E-state index contributed by atoms with van der Waals surface area (Å²) in [5.74, 6) is -0.506. The van der Waals surface area contributed by atoms with E-state index in [0.29, 0.717) is 37.6 Å². The second-order valence-corrected chi connectivity index (χ2v) is 6.05. The Morgan fingerprint density at radius 3 is 2.91 bits per heavy atom. The Labute approximate surface area is 140 Å². The van der Waals surface area contributed by atoms with Crippen LogP contribution in [0.5, 0.6) is 5.75 Å². The third-order valence-corrected chi connectivity index (χ3v) is 4.05. The zero-order valence-electron chi connectivity index (χ0n) is 13.0. The van der Waals surface area contributed by atoms with E-state index in [0.717, 1.165) is 11.3 Å². The molecule has 1 aliphatic heterocycles. The summed E-state index contributed by atoms with van der Waals surface area (Å²) in [5, 5.41) is 12.4. The van der Waals surface area contributed by atoms with Crippen molar-refractivity contribution >= 4 is 23.6 Å². The number of urea groups is 1. The van der Waals surface area contributed by atoms with Crippen LogP contribution in [0.1, 0.15) is 18.4 Å². The molecule has 1 aromatic rings. The van der Waals surface area contributed by atoms with E-state index in [1.807, 2.05) is 19.1 Å². The molecule has 2 N–H and O–H groups in total. The summed E-state index contributed by atoms with van der Waals surface area (Å²) in [6.07, 6.45) is 1.19. The lowest BCUT2D eigenvalue weighted by Gasteiger charge is -2.16. The molecule has 23 heavy (non-hydrogen) atoms. The second kappa shape index (κ2) is 8.06. The Balaban J connectivity index is 1.64. The van der Waals surface area contributed by atoms with Gasteiger partial charge in [0.2, 0.25) is 0 Å². The summed E-state index contributed by atoms with van der Waals surface area (Å²) in [5.41, 5.74) is 0.971. The van der Waals surface area contributed by atoms with Crippen LogP contribution >= 0.6 is 11.6 Å². The van der Waals surface area contributed by atoms with Gasteiger partial charge in [-0.25, -0.2) is 4.79 Å². The van der Waals surface area contributed by atoms with Crippen LogP contribution in [-0.2, 0) is 4.79 Å². The maximum absolute atomic E-state index is 11.9. The van der Waals surface area contributed by atoms with E-state index in [2.05, 4.69) is 5.32 Å². The lowest BCUT2D eigenvalue weighted by Crippen LogP contribution is -2.39. The van der Waals surface area contributed by atoms with E-state index in [9.17, 15) is 9.59 Å². The predicted octanol–water partition coefficient (Wildman–Crippen LogP) is 2.53. The monoisotopic (exact) mass is 340 g/mol. The SMILES string of the molecule is Cc1cc(Cl)ccc1OCCCNC(=O)N1CCC(C(=O)O)C1. The molecule has 0 aromatic heterocycles. The Hall–Kier alpha value is -1.95. The van der Waals surface area contributed by atoms with Crippen LogP contribution in [0.25, 0.3) is 0 Å². The first-order valence-electron chi connectivity index (χ1n) is 7.62. The molecule has 1 saturated heterocycles. The van der Waals surface area contributed by atoms with E-state index >= 15 is 0 Å². The third kappa shape index (κ3) is 5.03. The first-order valence-corrected chi connectivity index (χ1v) is 7.99. The number of amides is 2. The van der Waals surface area contributed by atoms with Crippen molar-refractivity contribution < 1.29 is 19.4 Å². The number of nitrogens with zero attached hydrogens (tertiary/aromatic N) is 1. The van der Waals surface area contributed by atoms with Crippen molar-refractivity contribution in [2.45, 2.75) is 19.8 Å². The van der Waals surface area contributed by atoms with Crippen LogP contribution in [0.2, 0.25) is 5.02 Å². The number of hydrogen-bond acceptors (Lipinski definition) is 3. The minimum atomic E-state index is -0.841. The number of ether oxygens (including phenoxy) is 1. The largest absolute Gasteiger partial charge is 0.493 e. The molecule has 0 aliphatic carbocycles. The summed E-state index contributed by atoms with van der Waals surface area (Å²) in [6.45, 7) is 3.67. The van der Waals surface area contributed by atoms with E-state index < -0.39 is 11.9 Å². The van der Waals surface area contributed by atoms with Crippen LogP contribution in [0.4, 0.5) is 4.79 Å². The molecule has 0 spiro atoms. The summed E-state index contributed by atoms with van der Waals surface area (Å²) < 4.78 is 5.65. The number of carboxylic acids is 1. The number of carbonyl (C=O) groups excluding carboxylic acids is 1. The third-order valence-electron chi connectivity index (χ3n) is 3.82. The number of hydrogen-bond donors (Lipinski definition) is 2. The first kappa shape index (κ1) is 17.4. The fourth-order valence-electron chi connectivity index (χ4n) is 2.48. The highest BCUT2D eigenvalue weighted by Crippen LogP contribution is 2.21. The molecule has 1 aromatic carbocycles. The van der Waals surface area contributed by atoms with Crippen LogP contribution in [0, 0.1) is 12.8 Å². The molecule has 2 rings (SSSR count). The minimum Gasteiger partial charge on any atom is -0.493 e. The molecule has 1 aliphatic rings. The van der Waals surface area contributed by atoms with Gasteiger partial charge in [-0.1, -0.05) is 11.6 Å². The molecule has 0 radical (unpaired) electrons. The minimum absolute atomic E-state index is 0.212. The molecule has 1 fully saturated rings. The van der Waals surface area contributed by atoms with Gasteiger partial charge in [0.1, 0.15) is 5.75 Å². The van der Waals surface area contributed by atoms with Crippen LogP contribution in [-0.4, -0.2) is 48.2 Å². The molecule has 126 valence electrons. The molecule has 2 amide bonds. The van der Waals surface area contributed by atoms with Crippen LogP contribution in [0.15, 0.2) is 18.2 Å². The summed E-state index contributed by atoms with van der Waals surface area (Å²) in [6, 6.07) is 5.23. The van der Waals surface area contributed by atoms with Crippen molar-refractivity contribution in [3.63, 3.8) is 0 Å². The topological polar surface area (TPSA) is 78.9 Å². The number of likely N-dealkylation sites (tertiary alicyclic amines) is 1. The van der Waals surface area contributed by atoms with Gasteiger partial charge in [0.25, 0.3) is 0 Å². The second-order valence-electron chi connectivity index (χ2n) is 5.61. The van der Waals surface area contributed by atoms with Gasteiger partial charge in [0.15, 0.2) is 0 Å². The Bertz CT molecular complexity index is 579. The first-order chi connectivity index (χ1) is 11.0. The van der Waals surface area contributed by atoms with Crippen molar-refractivity contribution in [2.24, 2.45) is 5.92 Å². The number of carboxylic acid groups (broad SMARTS) is 1. The number of rotatable bonds is 6. The smallest absolute Gasteiger partial charge is 0.317 e. The van der Waals surface area contributed by atoms with Gasteiger partial charge >= 0.3 is 12.0 Å². The van der Waals surface area contributed by atoms with Gasteiger partial charge in [0.05, 0.1) is 12.5 Å². The molecule has 1 heterocycles. The number of aliphatic carboxylic acids is 1. The maximum Gasteiger partial charge on any atom is 0.317 e. The Morgan fingerprint density at radius 2 is 2.26 bits per heavy atom. The van der Waals surface area contributed by atoms with E-state index in [4.69, 9.17) is 21.4 Å². The molecule has 7 heteroatoms. The summed E-state index contributed by atoms with van der Waals surface area (Å²) in [4.78, 5) is 24.3. The molecule has 0 bridgehead atoms. The normalized spacial score (nSPS) is 17.1. The summed E-state index contributed by atoms with van der Waals surface area (Å²) >= 11 is 5.88. The zero-order valence-corrected chi connectivity index (χ0v) is 13.8. The molecule has 6 nitrogen and oxygen atoms in total. The number of aryl methyl sites for hydroxylation is 1. The average molecular weight is 341 g/mol. The highest BCUT2D eigenvalue weighted by molar-refractivity contribution is 6.30. The molecular formula is C16H21ClN2O4. The Morgan fingerprint density at radius 1 is 1.48 bits per heavy atom. The van der Waals surface area contributed by atoms with Gasteiger partial charge in [-0.3, -0.25) is 4.79 Å². The molecule has 1 unspecified atom stereocenters. The lowest BCUT2D eigenvalue weighted by molar-refractivity contribution is -0.141. The van der Waals surface area contributed by atoms with Gasteiger partial charge in [-0.05, 0) is 43.5 Å². The summed E-state index contributed by atoms with van der Waals surface area (Å²) in [7, 11) is 0. The van der Waals surface area contributed by atoms with Crippen LogP contribution in [0.3, 0.4) is 0 Å². The standard InChI is InChI=1S/C16H21ClN2O4/c1-11-9-13(17)3-4-14(11)23-8-2-6-18-16(22)19-7-5-12(10-19)15(20)21/h3-4,9,12H,2,5-8,10H2,1H3,(H,18,22)(H,20,21). The van der Waals surface area contributed by atoms with Crippen LogP contribution < -0.4 is 10.1 Å². The highest BCUT2D eigenvalue weighted by atomic mass is 35.5. The van der Waals surface area contributed by atoms with Crippen molar-refractivity contribution in [3.05, 3.63) is 28.8 Å². The fourth-order valence-corrected chi connectivity index (χ4v) is 2.71. The number of benzene rings is 1. The van der Waals surface area contributed by atoms with Gasteiger partial charge in [-0.15, -0.1) is 0 Å². The van der Waals surface area contributed by atoms with Crippen molar-refractivity contribution in [3.8, 4) is 5.75 Å². The zero-order chi connectivity index (χ0) is 16.8. The highest BCUT2D eigenvalue weighted by Gasteiger charge is 2.30. The van der Waals surface area contributed by atoms with Gasteiger partial charge in [0, 0.05) is 24.7 Å². The van der Waals surface area contributed by atoms with E-state index in [1.54, 1.807) is 11.0 Å². The molecule has 0 saturated carbocycles. The van der Waals surface area contributed by atoms with Crippen molar-refractivity contribution in [1.29, 1.82) is 0 Å². The maximum atomic E-state index is 11.9. The van der Waals surface area contributed by atoms with Gasteiger partial charge in [-0.2, -0.15) is 0 Å². The quantitative estimate of drug-likeness (QED) is 0.780. The van der Waals surface area contributed by atoms with E-state index in [1.165, 1.54) is 0 Å². The number of halogens is 1. The fraction of sp³-hybridized carbons (Fsp3) is 0.500. The average Bonchev–Trinajstić information content (AvgIpc) is 2.99. The van der Waals surface area contributed by atoms with Crippen molar-refractivity contribution in [2.75, 3.05) is 26.2 Å².